The Morgan fingerprint density at radius 3 is 2.67 bits per heavy atom. The summed E-state index contributed by atoms with van der Waals surface area (Å²) in [6.45, 7) is 1.66. The first kappa shape index (κ1) is 23.4. The zero-order valence-corrected chi connectivity index (χ0v) is 19.8. The number of halogens is 3. The number of hydrogen-bond acceptors (Lipinski definition) is 6. The molecule has 36 heavy (non-hydrogen) atoms. The van der Waals surface area contributed by atoms with E-state index in [0.717, 1.165) is 6.07 Å². The summed E-state index contributed by atoms with van der Waals surface area (Å²) in [5, 5.41) is 13.0. The van der Waals surface area contributed by atoms with Crippen molar-refractivity contribution < 1.29 is 18.3 Å². The van der Waals surface area contributed by atoms with Gasteiger partial charge >= 0.3 is 0 Å². The maximum absolute atomic E-state index is 15.0. The summed E-state index contributed by atoms with van der Waals surface area (Å²) >= 11 is 5.95. The number of H-pyrrole nitrogens is 1. The van der Waals surface area contributed by atoms with Gasteiger partial charge in [-0.2, -0.15) is 5.10 Å². The number of fused-ring (bicyclic) bond motifs is 1. The Bertz CT molecular complexity index is 1550. The molecule has 5 rings (SSSR count). The van der Waals surface area contributed by atoms with Crippen LogP contribution in [0, 0.1) is 11.6 Å². The van der Waals surface area contributed by atoms with Gasteiger partial charge in [-0.3, -0.25) is 14.9 Å². The van der Waals surface area contributed by atoms with Crippen molar-refractivity contribution in [1.29, 1.82) is 0 Å². The second kappa shape index (κ2) is 9.38. The molecule has 0 fully saturated rings. The van der Waals surface area contributed by atoms with Crippen molar-refractivity contribution in [2.45, 2.75) is 13.0 Å². The molecule has 1 aliphatic rings. The van der Waals surface area contributed by atoms with E-state index in [1.807, 2.05) is 0 Å². The molecule has 0 spiro atoms. The van der Waals surface area contributed by atoms with E-state index in [1.165, 1.54) is 37.6 Å². The van der Waals surface area contributed by atoms with Crippen LogP contribution in [0.2, 0.25) is 5.02 Å². The highest BCUT2D eigenvalue weighted by Crippen LogP contribution is 2.35. The number of anilines is 1. The van der Waals surface area contributed by atoms with Crippen molar-refractivity contribution in [1.82, 2.24) is 20.5 Å². The number of nitrogens with one attached hydrogen (secondary N) is 3. The normalized spacial score (nSPS) is 15.5. The van der Waals surface area contributed by atoms with Crippen molar-refractivity contribution in [2.24, 2.45) is 4.99 Å². The number of benzene rings is 2. The van der Waals surface area contributed by atoms with Gasteiger partial charge in [0.1, 0.15) is 23.5 Å². The number of aromatic nitrogens is 3. The van der Waals surface area contributed by atoms with E-state index >= 15 is 4.39 Å². The number of ether oxygens (including phenoxy) is 1. The third-order valence-corrected chi connectivity index (χ3v) is 5.97. The summed E-state index contributed by atoms with van der Waals surface area (Å²) < 4.78 is 34.8. The predicted octanol–water partition coefficient (Wildman–Crippen LogP) is 4.90. The van der Waals surface area contributed by atoms with Gasteiger partial charge < -0.3 is 15.4 Å². The summed E-state index contributed by atoms with van der Waals surface area (Å²) in [5.74, 6) is -1.12. The van der Waals surface area contributed by atoms with E-state index in [0.29, 0.717) is 33.9 Å². The van der Waals surface area contributed by atoms with Gasteiger partial charge in [0, 0.05) is 45.6 Å². The molecule has 2 aromatic carbocycles. The standard InChI is InChI=1S/C25H19ClF2N6O2/c1-12-22(25(35)32-20-7-14-11-30-34-19(14)9-18(20)28)23(16-5-4-15(26)8-17(16)27)33-24(31-12)13-3-6-21(36-2)29-10-13/h3-11,23H,1-2H3,(H,30,34)(H,31,33)(H,32,35). The fraction of sp³-hybridized carbons (Fsp3) is 0.120. The number of hydrogen-bond donors (Lipinski definition) is 3. The summed E-state index contributed by atoms with van der Waals surface area (Å²) in [6, 6.07) is 9.20. The number of pyridine rings is 1. The summed E-state index contributed by atoms with van der Waals surface area (Å²) in [5.41, 5.74) is 1.72. The lowest BCUT2D eigenvalue weighted by atomic mass is 9.94. The first-order valence-corrected chi connectivity index (χ1v) is 11.2. The van der Waals surface area contributed by atoms with E-state index in [4.69, 9.17) is 16.3 Å². The number of amides is 1. The molecular formula is C25H19ClF2N6O2. The first-order valence-electron chi connectivity index (χ1n) is 10.8. The Morgan fingerprint density at radius 1 is 1.11 bits per heavy atom. The summed E-state index contributed by atoms with van der Waals surface area (Å²) in [7, 11) is 1.50. The minimum absolute atomic E-state index is 0.0429. The fourth-order valence-corrected chi connectivity index (χ4v) is 4.12. The SMILES string of the molecule is COc1ccc(C2=NC(c3ccc(Cl)cc3F)C(C(=O)Nc3cc4cn[nH]c4cc3F)=C(C)N2)cn1. The smallest absolute Gasteiger partial charge is 0.255 e. The molecule has 1 aliphatic heterocycles. The number of methoxy groups -OCH3 is 1. The third-order valence-electron chi connectivity index (χ3n) is 5.74. The molecule has 1 unspecified atom stereocenters. The van der Waals surface area contributed by atoms with Gasteiger partial charge in [0.2, 0.25) is 5.88 Å². The number of nitrogens with zero attached hydrogens (tertiary/aromatic N) is 3. The molecule has 0 radical (unpaired) electrons. The third kappa shape index (κ3) is 4.38. The lowest BCUT2D eigenvalue weighted by Crippen LogP contribution is -2.34. The molecule has 8 nitrogen and oxygen atoms in total. The minimum Gasteiger partial charge on any atom is -0.481 e. The minimum atomic E-state index is -1.04. The van der Waals surface area contributed by atoms with E-state index in [-0.39, 0.29) is 21.8 Å². The summed E-state index contributed by atoms with van der Waals surface area (Å²) in [4.78, 5) is 22.3. The second-order valence-electron chi connectivity index (χ2n) is 8.04. The fourth-order valence-electron chi connectivity index (χ4n) is 3.96. The monoisotopic (exact) mass is 508 g/mol. The number of carbonyl (C=O) groups excluding carboxylic acids is 1. The molecule has 3 heterocycles. The molecular weight excluding hydrogens is 490 g/mol. The van der Waals surface area contributed by atoms with Gasteiger partial charge in [-0.1, -0.05) is 17.7 Å². The topological polar surface area (TPSA) is 104 Å². The number of rotatable bonds is 5. The Kier molecular flexibility index (Phi) is 6.11. The molecule has 182 valence electrons. The lowest BCUT2D eigenvalue weighted by Gasteiger charge is -2.27. The van der Waals surface area contributed by atoms with E-state index in [2.05, 4.69) is 30.8 Å². The van der Waals surface area contributed by atoms with Crippen LogP contribution in [-0.4, -0.2) is 34.0 Å². The Labute approximate surface area is 209 Å². The van der Waals surface area contributed by atoms with Crippen molar-refractivity contribution >= 4 is 39.9 Å². The number of aromatic amines is 1. The maximum atomic E-state index is 15.0. The molecule has 0 aliphatic carbocycles. The Morgan fingerprint density at radius 2 is 1.94 bits per heavy atom. The average molecular weight is 509 g/mol. The average Bonchev–Trinajstić information content (AvgIpc) is 3.30. The van der Waals surface area contributed by atoms with Gasteiger partial charge in [0.15, 0.2) is 0 Å². The highest BCUT2D eigenvalue weighted by atomic mass is 35.5. The maximum Gasteiger partial charge on any atom is 0.255 e. The van der Waals surface area contributed by atoms with Gasteiger partial charge in [-0.15, -0.1) is 0 Å². The van der Waals surface area contributed by atoms with E-state index < -0.39 is 23.6 Å². The molecule has 11 heteroatoms. The van der Waals surface area contributed by atoms with E-state index in [9.17, 15) is 9.18 Å². The molecule has 3 N–H and O–H groups in total. The van der Waals surface area contributed by atoms with Crippen molar-refractivity contribution in [3.05, 3.63) is 93.9 Å². The van der Waals surface area contributed by atoms with Crippen LogP contribution < -0.4 is 15.4 Å². The van der Waals surface area contributed by atoms with Gasteiger partial charge in [-0.25, -0.2) is 13.8 Å². The molecule has 1 amide bonds. The molecule has 0 bridgehead atoms. The predicted molar refractivity (Wildman–Crippen MR) is 132 cm³/mol. The van der Waals surface area contributed by atoms with Crippen LogP contribution in [0.25, 0.3) is 10.9 Å². The molecule has 1 atom stereocenters. The molecule has 2 aromatic heterocycles. The second-order valence-corrected chi connectivity index (χ2v) is 8.48. The van der Waals surface area contributed by atoms with Gasteiger partial charge in [0.05, 0.1) is 30.1 Å². The quantitative estimate of drug-likeness (QED) is 0.355. The van der Waals surface area contributed by atoms with Crippen LogP contribution in [0.1, 0.15) is 24.1 Å². The first-order chi connectivity index (χ1) is 17.3. The van der Waals surface area contributed by atoms with Crippen LogP contribution >= 0.6 is 11.6 Å². The molecule has 0 saturated heterocycles. The number of allylic oxidation sites excluding steroid dienone is 1. The number of amidine groups is 1. The van der Waals surface area contributed by atoms with E-state index in [1.54, 1.807) is 25.3 Å². The Balaban J connectivity index is 1.55. The van der Waals surface area contributed by atoms with Crippen molar-refractivity contribution in [3.8, 4) is 5.88 Å². The highest BCUT2D eigenvalue weighted by Gasteiger charge is 2.32. The number of aliphatic imine (C=N–C) groups is 1. The van der Waals surface area contributed by atoms with Crippen molar-refractivity contribution in [3.63, 3.8) is 0 Å². The van der Waals surface area contributed by atoms with Gasteiger partial charge in [-0.05, 0) is 31.2 Å². The van der Waals surface area contributed by atoms with Gasteiger partial charge in [0.25, 0.3) is 5.91 Å². The van der Waals surface area contributed by atoms with Crippen LogP contribution in [-0.2, 0) is 4.79 Å². The summed E-state index contributed by atoms with van der Waals surface area (Å²) in [6.07, 6.45) is 3.07. The molecule has 0 saturated carbocycles. The zero-order valence-electron chi connectivity index (χ0n) is 19.1. The Hall–Kier alpha value is -4.31. The zero-order chi connectivity index (χ0) is 25.4. The van der Waals surface area contributed by atoms with Crippen molar-refractivity contribution in [2.75, 3.05) is 12.4 Å². The van der Waals surface area contributed by atoms with Crippen LogP contribution in [0.15, 0.2) is 71.1 Å². The lowest BCUT2D eigenvalue weighted by molar-refractivity contribution is -0.113. The van der Waals surface area contributed by atoms with Crippen LogP contribution in [0.3, 0.4) is 0 Å². The highest BCUT2D eigenvalue weighted by molar-refractivity contribution is 6.30. The number of carbonyl (C=O) groups is 1. The molecule has 4 aromatic rings. The van der Waals surface area contributed by atoms with Crippen LogP contribution in [0.5, 0.6) is 5.88 Å². The largest absolute Gasteiger partial charge is 0.481 e. The van der Waals surface area contributed by atoms with Crippen LogP contribution in [0.4, 0.5) is 14.5 Å².